The Bertz CT molecular complexity index is 1400. The van der Waals surface area contributed by atoms with E-state index in [0.717, 1.165) is 22.4 Å². The highest BCUT2D eigenvalue weighted by Gasteiger charge is 2.28. The predicted octanol–water partition coefficient (Wildman–Crippen LogP) is 4.74. The van der Waals surface area contributed by atoms with Crippen LogP contribution in [-0.2, 0) is 9.84 Å². The van der Waals surface area contributed by atoms with Crippen LogP contribution < -0.4 is 11.1 Å². The van der Waals surface area contributed by atoms with E-state index in [4.69, 9.17) is 5.73 Å². The lowest BCUT2D eigenvalue weighted by atomic mass is 9.96. The van der Waals surface area contributed by atoms with E-state index in [-0.39, 0.29) is 10.6 Å². The number of carbonyl (C=O) groups is 1. The number of nitrogens with one attached hydrogen (secondary N) is 1. The first-order valence-electron chi connectivity index (χ1n) is 9.63. The normalized spacial score (nSPS) is 11.3. The van der Waals surface area contributed by atoms with Gasteiger partial charge in [-0.15, -0.1) is 11.3 Å². The molecule has 3 N–H and O–H groups in total. The number of anilines is 1. The zero-order chi connectivity index (χ0) is 22.9. The lowest BCUT2D eigenvalue weighted by Crippen LogP contribution is -2.21. The molecule has 162 valence electrons. The van der Waals surface area contributed by atoms with E-state index in [1.54, 1.807) is 24.5 Å². The van der Waals surface area contributed by atoms with E-state index in [1.165, 1.54) is 11.3 Å². The first-order valence-corrected chi connectivity index (χ1v) is 12.3. The molecule has 0 fully saturated rings. The van der Waals surface area contributed by atoms with Crippen molar-refractivity contribution < 1.29 is 13.2 Å². The van der Waals surface area contributed by atoms with Gasteiger partial charge in [0.1, 0.15) is 0 Å². The molecule has 4 rings (SSSR count). The largest absolute Gasteiger partial charge is 0.351 e. The molecule has 0 unspecified atom stereocenters. The van der Waals surface area contributed by atoms with E-state index in [0.29, 0.717) is 21.7 Å². The highest BCUT2D eigenvalue weighted by molar-refractivity contribution is 7.91. The first kappa shape index (κ1) is 21.7. The molecule has 32 heavy (non-hydrogen) atoms. The van der Waals surface area contributed by atoms with Crippen LogP contribution in [0.5, 0.6) is 0 Å². The molecule has 0 aliphatic carbocycles. The number of carbonyl (C=O) groups excluding carboxylic acids is 1. The summed E-state index contributed by atoms with van der Waals surface area (Å²) < 4.78 is 26.1. The molecule has 0 saturated heterocycles. The Labute approximate surface area is 189 Å². The topological polar surface area (TPSA) is 115 Å². The maximum absolute atomic E-state index is 13.0. The van der Waals surface area contributed by atoms with Crippen molar-refractivity contribution in [3.8, 4) is 32.8 Å². The number of hydrogen-bond acceptors (Lipinski definition) is 6. The van der Waals surface area contributed by atoms with Gasteiger partial charge in [-0.3, -0.25) is 4.98 Å². The van der Waals surface area contributed by atoms with Crippen LogP contribution in [0.2, 0.25) is 0 Å². The molecule has 0 saturated carbocycles. The van der Waals surface area contributed by atoms with Gasteiger partial charge >= 0.3 is 6.03 Å². The SMILES string of the molecule is Cc1nc(-c2ccncc2)c(-c2c(-c3ccccc3)ccc(NC(N)=O)c2S(C)(=O)=O)s1. The van der Waals surface area contributed by atoms with Crippen LogP contribution in [0.25, 0.3) is 32.8 Å². The molecule has 7 nitrogen and oxygen atoms in total. The zero-order valence-corrected chi connectivity index (χ0v) is 19.0. The third kappa shape index (κ3) is 4.25. The summed E-state index contributed by atoms with van der Waals surface area (Å²) in [5.41, 5.74) is 8.94. The molecule has 0 radical (unpaired) electrons. The number of urea groups is 1. The summed E-state index contributed by atoms with van der Waals surface area (Å²) in [4.78, 5) is 21.1. The second-order valence-electron chi connectivity index (χ2n) is 7.14. The molecular formula is C23H20N4O3S2. The standard InChI is InChI=1S/C23H20N4O3S2/c1-14-26-20(16-10-12-25-13-11-16)21(31-14)19-17(15-6-4-3-5-7-15)8-9-18(27-23(24)28)22(19)32(2,29)30/h3-13H,1-2H3,(H3,24,27,28). The van der Waals surface area contributed by atoms with Crippen molar-refractivity contribution in [2.45, 2.75) is 11.8 Å². The fourth-order valence-corrected chi connectivity index (χ4v) is 5.76. The van der Waals surface area contributed by atoms with Crippen LogP contribution in [0.4, 0.5) is 10.5 Å². The van der Waals surface area contributed by atoms with E-state index in [1.807, 2.05) is 49.4 Å². The highest BCUT2D eigenvalue weighted by atomic mass is 32.2. The van der Waals surface area contributed by atoms with E-state index >= 15 is 0 Å². The quantitative estimate of drug-likeness (QED) is 0.443. The Morgan fingerprint density at radius 1 is 1.00 bits per heavy atom. The number of thiazole rings is 1. The molecule has 0 aliphatic heterocycles. The van der Waals surface area contributed by atoms with Crippen molar-refractivity contribution in [1.29, 1.82) is 0 Å². The Hall–Kier alpha value is -3.56. The number of amides is 2. The Morgan fingerprint density at radius 2 is 1.69 bits per heavy atom. The fraction of sp³-hybridized carbons (Fsp3) is 0.0870. The Balaban J connectivity index is 2.15. The number of aryl methyl sites for hydroxylation is 1. The number of benzene rings is 2. The second kappa shape index (κ2) is 8.52. The molecule has 2 heterocycles. The minimum Gasteiger partial charge on any atom is -0.351 e. The smallest absolute Gasteiger partial charge is 0.316 e. The van der Waals surface area contributed by atoms with Crippen LogP contribution in [0, 0.1) is 6.92 Å². The summed E-state index contributed by atoms with van der Waals surface area (Å²) in [5.74, 6) is 0. The lowest BCUT2D eigenvalue weighted by Gasteiger charge is -2.18. The van der Waals surface area contributed by atoms with Crippen molar-refractivity contribution in [3.63, 3.8) is 0 Å². The first-order chi connectivity index (χ1) is 15.3. The third-order valence-corrected chi connectivity index (χ3v) is 6.94. The second-order valence-corrected chi connectivity index (χ2v) is 10.3. The summed E-state index contributed by atoms with van der Waals surface area (Å²) >= 11 is 1.39. The molecular weight excluding hydrogens is 444 g/mol. The Morgan fingerprint density at radius 3 is 2.31 bits per heavy atom. The van der Waals surface area contributed by atoms with E-state index in [9.17, 15) is 13.2 Å². The van der Waals surface area contributed by atoms with Crippen LogP contribution in [0.1, 0.15) is 5.01 Å². The molecule has 0 atom stereocenters. The van der Waals surface area contributed by atoms with Gasteiger partial charge in [0.15, 0.2) is 9.84 Å². The van der Waals surface area contributed by atoms with Crippen LogP contribution in [-0.4, -0.2) is 30.7 Å². The van der Waals surface area contributed by atoms with E-state index < -0.39 is 15.9 Å². The summed E-state index contributed by atoms with van der Waals surface area (Å²) in [6.07, 6.45) is 4.44. The summed E-state index contributed by atoms with van der Waals surface area (Å²) in [5, 5.41) is 3.25. The molecule has 9 heteroatoms. The molecule has 0 spiro atoms. The van der Waals surface area contributed by atoms with E-state index in [2.05, 4.69) is 15.3 Å². The third-order valence-electron chi connectivity index (χ3n) is 4.79. The maximum Gasteiger partial charge on any atom is 0.316 e. The van der Waals surface area contributed by atoms with Gasteiger partial charge in [0.2, 0.25) is 0 Å². The minimum atomic E-state index is -3.78. The number of primary amides is 1. The maximum atomic E-state index is 13.0. The fourth-order valence-electron chi connectivity index (χ4n) is 3.58. The van der Waals surface area contributed by atoms with Crippen molar-refractivity contribution in [2.24, 2.45) is 5.73 Å². The number of nitrogens with two attached hydrogens (primary N) is 1. The van der Waals surface area contributed by atoms with Gasteiger partial charge in [-0.25, -0.2) is 18.2 Å². The number of pyridine rings is 1. The van der Waals surface area contributed by atoms with Crippen molar-refractivity contribution in [3.05, 3.63) is 72.0 Å². The monoisotopic (exact) mass is 464 g/mol. The number of hydrogen-bond donors (Lipinski definition) is 2. The lowest BCUT2D eigenvalue weighted by molar-refractivity contribution is 0.259. The predicted molar refractivity (Wildman–Crippen MR) is 127 cm³/mol. The van der Waals surface area contributed by atoms with Crippen LogP contribution in [0.3, 0.4) is 0 Å². The van der Waals surface area contributed by atoms with Crippen molar-refractivity contribution in [1.82, 2.24) is 9.97 Å². The van der Waals surface area contributed by atoms with Gasteiger partial charge < -0.3 is 11.1 Å². The average Bonchev–Trinajstić information content (AvgIpc) is 3.15. The van der Waals surface area contributed by atoms with Crippen molar-refractivity contribution >= 4 is 32.9 Å². The Kier molecular flexibility index (Phi) is 5.77. The molecule has 4 aromatic rings. The number of sulfone groups is 1. The highest BCUT2D eigenvalue weighted by Crippen LogP contribution is 2.47. The molecule has 0 aliphatic rings. The number of nitrogens with zero attached hydrogens (tertiary/aromatic N) is 2. The van der Waals surface area contributed by atoms with Gasteiger partial charge in [0.05, 0.1) is 26.2 Å². The molecule has 2 amide bonds. The van der Waals surface area contributed by atoms with Crippen LogP contribution >= 0.6 is 11.3 Å². The molecule has 2 aromatic heterocycles. The van der Waals surface area contributed by atoms with Crippen molar-refractivity contribution in [2.75, 3.05) is 11.6 Å². The van der Waals surface area contributed by atoms with Gasteiger partial charge in [-0.1, -0.05) is 36.4 Å². The number of aromatic nitrogens is 2. The van der Waals surface area contributed by atoms with Gasteiger partial charge in [-0.2, -0.15) is 0 Å². The van der Waals surface area contributed by atoms with Gasteiger partial charge in [0.25, 0.3) is 0 Å². The minimum absolute atomic E-state index is 0.00314. The van der Waals surface area contributed by atoms with Gasteiger partial charge in [0, 0.05) is 29.8 Å². The summed E-state index contributed by atoms with van der Waals surface area (Å²) in [6, 6.07) is 15.6. The zero-order valence-electron chi connectivity index (χ0n) is 17.4. The summed E-state index contributed by atoms with van der Waals surface area (Å²) in [6.45, 7) is 1.87. The van der Waals surface area contributed by atoms with Crippen LogP contribution in [0.15, 0.2) is 71.9 Å². The average molecular weight is 465 g/mol. The number of rotatable bonds is 5. The molecule has 0 bridgehead atoms. The molecule has 2 aromatic carbocycles. The summed E-state index contributed by atoms with van der Waals surface area (Å²) in [7, 11) is -3.78. The van der Waals surface area contributed by atoms with Gasteiger partial charge in [-0.05, 0) is 36.2 Å².